The fraction of sp³-hybridized carbons (Fsp3) is 0.571. The van der Waals surface area contributed by atoms with E-state index in [4.69, 9.17) is 0 Å². The van der Waals surface area contributed by atoms with Crippen molar-refractivity contribution in [3.63, 3.8) is 0 Å². The van der Waals surface area contributed by atoms with Crippen molar-refractivity contribution >= 4 is 0 Å². The molecule has 3 heteroatoms. The number of aromatic nitrogens is 2. The zero-order chi connectivity index (χ0) is 16.6. The average molecular weight is 323 g/mol. The molecule has 128 valence electrons. The van der Waals surface area contributed by atoms with Crippen LogP contribution in [-0.2, 0) is 5.41 Å². The molecule has 2 atom stereocenters. The van der Waals surface area contributed by atoms with Crippen LogP contribution in [-0.4, -0.2) is 34.5 Å². The summed E-state index contributed by atoms with van der Waals surface area (Å²) in [7, 11) is 0. The maximum absolute atomic E-state index is 4.40. The van der Waals surface area contributed by atoms with Gasteiger partial charge in [0.05, 0.1) is 0 Å². The van der Waals surface area contributed by atoms with E-state index in [2.05, 4.69) is 53.0 Å². The number of H-pyrrole nitrogens is 1. The number of benzene rings is 1. The van der Waals surface area contributed by atoms with Gasteiger partial charge in [-0.25, -0.2) is 4.98 Å². The van der Waals surface area contributed by atoms with Crippen molar-refractivity contribution in [3.8, 4) is 11.4 Å². The van der Waals surface area contributed by atoms with Gasteiger partial charge in [0, 0.05) is 36.5 Å². The summed E-state index contributed by atoms with van der Waals surface area (Å²) < 4.78 is 0. The third-order valence-corrected chi connectivity index (χ3v) is 6.41. The number of likely N-dealkylation sites (tertiary alicyclic amines) is 1. The van der Waals surface area contributed by atoms with E-state index < -0.39 is 0 Å². The number of nitrogens with zero attached hydrogens (tertiary/aromatic N) is 2. The largest absolute Gasteiger partial charge is 0.345 e. The number of hydrogen-bond acceptors (Lipinski definition) is 2. The summed E-state index contributed by atoms with van der Waals surface area (Å²) in [5.74, 6) is 2.66. The number of nitrogens with one attached hydrogen (secondary N) is 1. The summed E-state index contributed by atoms with van der Waals surface area (Å²) in [5.41, 5.74) is 3.08. The topological polar surface area (TPSA) is 31.9 Å². The molecule has 1 aromatic carbocycles. The second-order valence-electron chi connectivity index (χ2n) is 7.83. The van der Waals surface area contributed by atoms with Crippen molar-refractivity contribution in [2.24, 2.45) is 11.8 Å². The Morgan fingerprint density at radius 2 is 2.04 bits per heavy atom. The van der Waals surface area contributed by atoms with Crippen LogP contribution in [0.15, 0.2) is 36.7 Å². The van der Waals surface area contributed by atoms with Crippen LogP contribution in [0.2, 0.25) is 0 Å². The van der Waals surface area contributed by atoms with Crippen molar-refractivity contribution in [3.05, 3.63) is 42.2 Å². The smallest absolute Gasteiger partial charge is 0.137 e. The first kappa shape index (κ1) is 15.9. The lowest BCUT2D eigenvalue weighted by atomic mass is 9.91. The summed E-state index contributed by atoms with van der Waals surface area (Å²) in [6.07, 6.45) is 9.20. The highest BCUT2D eigenvalue weighted by atomic mass is 15.2. The number of hydrogen-bond donors (Lipinski definition) is 1. The highest BCUT2D eigenvalue weighted by Crippen LogP contribution is 2.63. The van der Waals surface area contributed by atoms with Gasteiger partial charge in [-0.2, -0.15) is 0 Å². The maximum atomic E-state index is 4.40. The van der Waals surface area contributed by atoms with E-state index in [0.717, 1.165) is 17.7 Å². The standard InChI is InChI=1S/C21H29N3/c1-3-4-5-6-12-24-14-18-19(15-24)21(18,2)17-9-7-8-16(13-17)20-22-10-11-23-20/h7-11,13,18-19H,3-6,12,14-15H2,1-2H3,(H,22,23). The molecule has 0 spiro atoms. The van der Waals surface area contributed by atoms with Gasteiger partial charge in [0.25, 0.3) is 0 Å². The van der Waals surface area contributed by atoms with E-state index in [0.29, 0.717) is 5.41 Å². The van der Waals surface area contributed by atoms with Gasteiger partial charge >= 0.3 is 0 Å². The molecule has 1 N–H and O–H groups in total. The Morgan fingerprint density at radius 1 is 1.21 bits per heavy atom. The number of piperidine rings is 1. The number of aromatic amines is 1. The molecule has 0 bridgehead atoms. The lowest BCUT2D eigenvalue weighted by Crippen LogP contribution is -2.29. The monoisotopic (exact) mass is 323 g/mol. The Labute approximate surface area is 145 Å². The van der Waals surface area contributed by atoms with E-state index in [9.17, 15) is 0 Å². The molecule has 3 nitrogen and oxygen atoms in total. The molecule has 1 saturated carbocycles. The predicted molar refractivity (Wildman–Crippen MR) is 98.9 cm³/mol. The maximum Gasteiger partial charge on any atom is 0.137 e. The van der Waals surface area contributed by atoms with Gasteiger partial charge < -0.3 is 9.88 Å². The molecule has 2 aliphatic rings. The Balaban J connectivity index is 1.40. The fourth-order valence-corrected chi connectivity index (χ4v) is 4.76. The zero-order valence-corrected chi connectivity index (χ0v) is 15.0. The van der Waals surface area contributed by atoms with Gasteiger partial charge in [0.15, 0.2) is 0 Å². The molecule has 4 rings (SSSR count). The van der Waals surface area contributed by atoms with Crippen molar-refractivity contribution < 1.29 is 0 Å². The lowest BCUT2D eigenvalue weighted by Gasteiger charge is -2.24. The lowest BCUT2D eigenvalue weighted by molar-refractivity contribution is 0.271. The summed E-state index contributed by atoms with van der Waals surface area (Å²) in [6.45, 7) is 8.64. The quantitative estimate of drug-likeness (QED) is 0.762. The van der Waals surface area contributed by atoms with Crippen molar-refractivity contribution in [2.45, 2.75) is 44.9 Å². The Hall–Kier alpha value is -1.61. The van der Waals surface area contributed by atoms with Crippen LogP contribution in [0.3, 0.4) is 0 Å². The molecule has 2 fully saturated rings. The minimum Gasteiger partial charge on any atom is -0.345 e. The molecular weight excluding hydrogens is 294 g/mol. The number of fused-ring (bicyclic) bond motifs is 1. The molecule has 2 aromatic rings. The Morgan fingerprint density at radius 3 is 2.75 bits per heavy atom. The fourth-order valence-electron chi connectivity index (χ4n) is 4.76. The van der Waals surface area contributed by atoms with Crippen molar-refractivity contribution in [2.75, 3.05) is 19.6 Å². The van der Waals surface area contributed by atoms with Gasteiger partial charge in [-0.3, -0.25) is 0 Å². The SMILES string of the molecule is CCCCCCN1CC2C(C1)C2(C)c1cccc(-c2ncc[nH]2)c1. The molecular formula is C21H29N3. The van der Waals surface area contributed by atoms with E-state index in [1.165, 1.54) is 56.4 Å². The van der Waals surface area contributed by atoms with Gasteiger partial charge in [-0.15, -0.1) is 0 Å². The van der Waals surface area contributed by atoms with Gasteiger partial charge in [0.2, 0.25) is 0 Å². The van der Waals surface area contributed by atoms with Gasteiger partial charge in [0.1, 0.15) is 5.82 Å². The highest BCUT2D eigenvalue weighted by molar-refractivity contribution is 5.58. The molecule has 1 aliphatic heterocycles. The Bertz CT molecular complexity index is 664. The number of unbranched alkanes of at least 4 members (excludes halogenated alkanes) is 3. The second-order valence-corrected chi connectivity index (χ2v) is 7.83. The minimum atomic E-state index is 0.378. The molecule has 1 saturated heterocycles. The molecule has 0 amide bonds. The Kier molecular flexibility index (Phi) is 4.21. The van der Waals surface area contributed by atoms with Crippen LogP contribution in [0, 0.1) is 11.8 Å². The van der Waals surface area contributed by atoms with Gasteiger partial charge in [-0.1, -0.05) is 51.3 Å². The van der Waals surface area contributed by atoms with Crippen LogP contribution in [0.5, 0.6) is 0 Å². The molecule has 2 unspecified atom stereocenters. The van der Waals surface area contributed by atoms with Crippen LogP contribution >= 0.6 is 0 Å². The normalized spacial score (nSPS) is 28.9. The molecule has 1 aromatic heterocycles. The van der Waals surface area contributed by atoms with Crippen LogP contribution in [0.1, 0.15) is 45.1 Å². The average Bonchev–Trinajstić information content (AvgIpc) is 3.09. The summed E-state index contributed by atoms with van der Waals surface area (Å²) in [5, 5.41) is 0. The van der Waals surface area contributed by atoms with Crippen LogP contribution < -0.4 is 0 Å². The van der Waals surface area contributed by atoms with Crippen molar-refractivity contribution in [1.29, 1.82) is 0 Å². The minimum absolute atomic E-state index is 0.378. The molecule has 1 aliphatic carbocycles. The van der Waals surface area contributed by atoms with Gasteiger partial charge in [-0.05, 0) is 36.4 Å². The molecule has 0 radical (unpaired) electrons. The highest BCUT2D eigenvalue weighted by Gasteiger charge is 2.65. The molecule has 24 heavy (non-hydrogen) atoms. The van der Waals surface area contributed by atoms with E-state index in [1.807, 2.05) is 12.4 Å². The zero-order valence-electron chi connectivity index (χ0n) is 15.0. The first-order valence-electron chi connectivity index (χ1n) is 9.56. The first-order valence-corrected chi connectivity index (χ1v) is 9.56. The summed E-state index contributed by atoms with van der Waals surface area (Å²) >= 11 is 0. The van der Waals surface area contributed by atoms with E-state index in [1.54, 1.807) is 0 Å². The van der Waals surface area contributed by atoms with Crippen LogP contribution in [0.4, 0.5) is 0 Å². The van der Waals surface area contributed by atoms with E-state index >= 15 is 0 Å². The van der Waals surface area contributed by atoms with Crippen LogP contribution in [0.25, 0.3) is 11.4 Å². The summed E-state index contributed by atoms with van der Waals surface area (Å²) in [4.78, 5) is 10.3. The number of imidazole rings is 1. The third kappa shape index (κ3) is 2.69. The predicted octanol–water partition coefficient (Wildman–Crippen LogP) is 4.48. The first-order chi connectivity index (χ1) is 11.7. The van der Waals surface area contributed by atoms with E-state index in [-0.39, 0.29) is 0 Å². The second kappa shape index (κ2) is 6.36. The summed E-state index contributed by atoms with van der Waals surface area (Å²) in [6, 6.07) is 9.01. The number of rotatable bonds is 7. The molecule has 2 heterocycles. The van der Waals surface area contributed by atoms with Crippen molar-refractivity contribution in [1.82, 2.24) is 14.9 Å². The third-order valence-electron chi connectivity index (χ3n) is 6.41.